The number of halogens is 4. The standard InChI is InChI=1S/C27H26F4/c1-17-7-11-21(25(29)24(17)28)14-10-18-8-12-20(13-9-18)23-16-15-22(26(30)27(23)31)19-5-3-2-4-6-19/h2-7,11,15-16,18,20H,8-10,12-14H2,1H3. The molecule has 4 heteroatoms. The number of aryl methyl sites for hydroxylation is 2. The molecule has 1 saturated carbocycles. The van der Waals surface area contributed by atoms with Crippen LogP contribution >= 0.6 is 0 Å². The Morgan fingerprint density at radius 2 is 1.42 bits per heavy atom. The summed E-state index contributed by atoms with van der Waals surface area (Å²) in [5.74, 6) is -2.67. The molecule has 0 spiro atoms. The van der Waals surface area contributed by atoms with Crippen molar-refractivity contribution >= 4 is 0 Å². The second kappa shape index (κ2) is 9.25. The second-order valence-electron chi connectivity index (χ2n) is 8.62. The van der Waals surface area contributed by atoms with E-state index in [4.69, 9.17) is 0 Å². The van der Waals surface area contributed by atoms with Crippen LogP contribution in [-0.4, -0.2) is 0 Å². The summed E-state index contributed by atoms with van der Waals surface area (Å²) in [5, 5.41) is 0. The van der Waals surface area contributed by atoms with E-state index in [0.29, 0.717) is 34.6 Å². The Hall–Kier alpha value is -2.62. The highest BCUT2D eigenvalue weighted by Crippen LogP contribution is 2.40. The van der Waals surface area contributed by atoms with Crippen LogP contribution in [0.1, 0.15) is 54.7 Å². The monoisotopic (exact) mass is 426 g/mol. The van der Waals surface area contributed by atoms with Gasteiger partial charge in [0.1, 0.15) is 0 Å². The molecule has 162 valence electrons. The summed E-state index contributed by atoms with van der Waals surface area (Å²) in [6, 6.07) is 15.6. The first-order valence-electron chi connectivity index (χ1n) is 10.9. The summed E-state index contributed by atoms with van der Waals surface area (Å²) >= 11 is 0. The van der Waals surface area contributed by atoms with E-state index in [2.05, 4.69) is 0 Å². The lowest BCUT2D eigenvalue weighted by atomic mass is 9.76. The Balaban J connectivity index is 1.39. The quantitative estimate of drug-likeness (QED) is 0.361. The van der Waals surface area contributed by atoms with Gasteiger partial charge in [-0.05, 0) is 79.5 Å². The summed E-state index contributed by atoms with van der Waals surface area (Å²) in [4.78, 5) is 0. The first-order chi connectivity index (χ1) is 15.0. The molecule has 1 aliphatic carbocycles. The molecule has 0 radical (unpaired) electrons. The van der Waals surface area contributed by atoms with Gasteiger partial charge in [0.05, 0.1) is 0 Å². The molecule has 0 N–H and O–H groups in total. The minimum atomic E-state index is -0.789. The van der Waals surface area contributed by atoms with Crippen molar-refractivity contribution in [3.05, 3.63) is 94.6 Å². The van der Waals surface area contributed by atoms with Crippen molar-refractivity contribution in [1.82, 2.24) is 0 Å². The highest BCUT2D eigenvalue weighted by molar-refractivity contribution is 5.64. The van der Waals surface area contributed by atoms with Crippen molar-refractivity contribution in [2.45, 2.75) is 51.4 Å². The third-order valence-electron chi connectivity index (χ3n) is 6.66. The van der Waals surface area contributed by atoms with Gasteiger partial charge in [-0.1, -0.05) is 54.6 Å². The molecule has 31 heavy (non-hydrogen) atoms. The van der Waals surface area contributed by atoms with E-state index >= 15 is 0 Å². The van der Waals surface area contributed by atoms with E-state index in [1.165, 1.54) is 0 Å². The topological polar surface area (TPSA) is 0 Å². The second-order valence-corrected chi connectivity index (χ2v) is 8.62. The Kier molecular flexibility index (Phi) is 6.45. The average Bonchev–Trinajstić information content (AvgIpc) is 2.80. The van der Waals surface area contributed by atoms with E-state index in [0.717, 1.165) is 32.1 Å². The third-order valence-corrected chi connectivity index (χ3v) is 6.66. The molecule has 0 bridgehead atoms. The fourth-order valence-electron chi connectivity index (χ4n) is 4.72. The van der Waals surface area contributed by atoms with E-state index in [-0.39, 0.29) is 11.5 Å². The van der Waals surface area contributed by atoms with Crippen LogP contribution in [-0.2, 0) is 6.42 Å². The van der Waals surface area contributed by atoms with E-state index in [1.54, 1.807) is 55.5 Å². The smallest absolute Gasteiger partial charge is 0.166 e. The normalized spacial score (nSPS) is 18.9. The van der Waals surface area contributed by atoms with Crippen molar-refractivity contribution in [3.8, 4) is 11.1 Å². The molecule has 0 amide bonds. The van der Waals surface area contributed by atoms with E-state index in [1.807, 2.05) is 6.07 Å². The molecular formula is C27H26F4. The molecule has 1 fully saturated rings. The predicted octanol–water partition coefficient (Wildman–Crippen LogP) is 8.13. The fraction of sp³-hybridized carbons (Fsp3) is 0.333. The lowest BCUT2D eigenvalue weighted by Gasteiger charge is -2.29. The summed E-state index contributed by atoms with van der Waals surface area (Å²) in [5.41, 5.74) is 2.11. The van der Waals surface area contributed by atoms with Crippen LogP contribution in [0.2, 0.25) is 0 Å². The maximum absolute atomic E-state index is 14.9. The fourth-order valence-corrected chi connectivity index (χ4v) is 4.72. The van der Waals surface area contributed by atoms with Crippen LogP contribution in [0.3, 0.4) is 0 Å². The van der Waals surface area contributed by atoms with Crippen LogP contribution in [0, 0.1) is 36.1 Å². The van der Waals surface area contributed by atoms with Gasteiger partial charge in [0.15, 0.2) is 23.3 Å². The Labute approximate surface area is 180 Å². The van der Waals surface area contributed by atoms with Crippen molar-refractivity contribution in [1.29, 1.82) is 0 Å². The molecule has 0 heterocycles. The number of rotatable bonds is 5. The van der Waals surface area contributed by atoms with Gasteiger partial charge < -0.3 is 0 Å². The van der Waals surface area contributed by atoms with Crippen LogP contribution in [0.15, 0.2) is 54.6 Å². The van der Waals surface area contributed by atoms with Crippen molar-refractivity contribution in [3.63, 3.8) is 0 Å². The molecule has 3 aromatic carbocycles. The number of benzene rings is 3. The average molecular weight is 426 g/mol. The van der Waals surface area contributed by atoms with Crippen LogP contribution < -0.4 is 0 Å². The highest BCUT2D eigenvalue weighted by atomic mass is 19.2. The van der Waals surface area contributed by atoms with Crippen LogP contribution in [0.25, 0.3) is 11.1 Å². The zero-order valence-corrected chi connectivity index (χ0v) is 17.6. The molecule has 1 aliphatic rings. The van der Waals surface area contributed by atoms with Gasteiger partial charge in [-0.3, -0.25) is 0 Å². The van der Waals surface area contributed by atoms with Crippen LogP contribution in [0.5, 0.6) is 0 Å². The first-order valence-corrected chi connectivity index (χ1v) is 10.9. The summed E-state index contributed by atoms with van der Waals surface area (Å²) < 4.78 is 57.5. The zero-order chi connectivity index (χ0) is 22.0. The molecule has 0 saturated heterocycles. The highest BCUT2D eigenvalue weighted by Gasteiger charge is 2.26. The summed E-state index contributed by atoms with van der Waals surface area (Å²) in [6.07, 6.45) is 4.57. The maximum atomic E-state index is 14.9. The Morgan fingerprint density at radius 1 is 0.710 bits per heavy atom. The molecule has 0 nitrogen and oxygen atoms in total. The van der Waals surface area contributed by atoms with Gasteiger partial charge in [0.2, 0.25) is 0 Å². The molecule has 0 aromatic heterocycles. The minimum absolute atomic E-state index is 0.0101. The van der Waals surface area contributed by atoms with Crippen molar-refractivity contribution < 1.29 is 17.6 Å². The summed E-state index contributed by atoms with van der Waals surface area (Å²) in [7, 11) is 0. The lowest BCUT2D eigenvalue weighted by Crippen LogP contribution is -2.16. The van der Waals surface area contributed by atoms with Gasteiger partial charge in [-0.2, -0.15) is 0 Å². The van der Waals surface area contributed by atoms with Crippen molar-refractivity contribution in [2.24, 2.45) is 5.92 Å². The molecule has 0 unspecified atom stereocenters. The third kappa shape index (κ3) is 4.53. The summed E-state index contributed by atoms with van der Waals surface area (Å²) in [6.45, 7) is 1.55. The molecule has 4 rings (SSSR count). The Morgan fingerprint density at radius 3 is 2.13 bits per heavy atom. The molecule has 0 atom stereocenters. The first kappa shape index (κ1) is 21.6. The lowest BCUT2D eigenvalue weighted by molar-refractivity contribution is 0.303. The van der Waals surface area contributed by atoms with Gasteiger partial charge in [-0.15, -0.1) is 0 Å². The molecule has 0 aliphatic heterocycles. The maximum Gasteiger partial charge on any atom is 0.166 e. The van der Waals surface area contributed by atoms with Crippen molar-refractivity contribution in [2.75, 3.05) is 0 Å². The van der Waals surface area contributed by atoms with E-state index < -0.39 is 23.3 Å². The van der Waals surface area contributed by atoms with Gasteiger partial charge in [0, 0.05) is 5.56 Å². The zero-order valence-electron chi connectivity index (χ0n) is 17.6. The van der Waals surface area contributed by atoms with Crippen LogP contribution in [0.4, 0.5) is 17.6 Å². The van der Waals surface area contributed by atoms with Gasteiger partial charge >= 0.3 is 0 Å². The van der Waals surface area contributed by atoms with E-state index in [9.17, 15) is 17.6 Å². The molecule has 3 aromatic rings. The SMILES string of the molecule is Cc1ccc(CCC2CCC(c3ccc(-c4ccccc4)c(F)c3F)CC2)c(F)c1F. The number of hydrogen-bond donors (Lipinski definition) is 0. The minimum Gasteiger partial charge on any atom is -0.203 e. The van der Waals surface area contributed by atoms with Gasteiger partial charge in [0.25, 0.3) is 0 Å². The largest absolute Gasteiger partial charge is 0.203 e. The Bertz CT molecular complexity index is 1050. The number of hydrogen-bond acceptors (Lipinski definition) is 0. The predicted molar refractivity (Wildman–Crippen MR) is 116 cm³/mol. The molecular weight excluding hydrogens is 400 g/mol. The van der Waals surface area contributed by atoms with Gasteiger partial charge in [-0.25, -0.2) is 17.6 Å².